The summed E-state index contributed by atoms with van der Waals surface area (Å²) in [4.78, 5) is 4.59. The van der Waals surface area contributed by atoms with Gasteiger partial charge in [0.25, 0.3) is 0 Å². The number of hydrogen-bond acceptors (Lipinski definition) is 2. The Morgan fingerprint density at radius 2 is 2.05 bits per heavy atom. The largest absolute Gasteiger partial charge is 0.355 e. The summed E-state index contributed by atoms with van der Waals surface area (Å²) >= 11 is 0. The highest BCUT2D eigenvalue weighted by Crippen LogP contribution is 2.36. The molecule has 3 nitrogen and oxygen atoms in total. The second-order valence-electron chi connectivity index (χ2n) is 5.61. The van der Waals surface area contributed by atoms with Gasteiger partial charge in [0.2, 0.25) is 5.95 Å². The van der Waals surface area contributed by atoms with Gasteiger partial charge in [0.05, 0.1) is 5.69 Å². The Morgan fingerprint density at radius 3 is 2.74 bits per heavy atom. The highest BCUT2D eigenvalue weighted by molar-refractivity contribution is 5.42. The number of para-hydroxylation sites is 1. The molecule has 1 aliphatic rings. The Kier molecular flexibility index (Phi) is 3.28. The Bertz CT molecular complexity index is 540. The molecule has 1 aromatic heterocycles. The normalized spacial score (nSPS) is 16.3. The van der Waals surface area contributed by atoms with Gasteiger partial charge in [-0.1, -0.05) is 25.1 Å². The number of imidazole rings is 1. The first-order chi connectivity index (χ1) is 9.24. The van der Waals surface area contributed by atoms with E-state index in [0.717, 1.165) is 35.7 Å². The van der Waals surface area contributed by atoms with Crippen LogP contribution in [0.4, 0.5) is 5.95 Å². The van der Waals surface area contributed by atoms with E-state index in [4.69, 9.17) is 0 Å². The van der Waals surface area contributed by atoms with Crippen molar-refractivity contribution < 1.29 is 0 Å². The molecule has 2 aromatic rings. The quantitative estimate of drug-likeness (QED) is 0.884. The minimum atomic E-state index is 0.737. The molecule has 1 aromatic carbocycles. The molecular formula is C16H21N3. The van der Waals surface area contributed by atoms with Gasteiger partial charge in [-0.15, -0.1) is 0 Å². The van der Waals surface area contributed by atoms with Crippen LogP contribution in [0.3, 0.4) is 0 Å². The van der Waals surface area contributed by atoms with Crippen LogP contribution in [0, 0.1) is 18.8 Å². The number of rotatable bonds is 5. The van der Waals surface area contributed by atoms with Crippen LogP contribution in [-0.4, -0.2) is 16.1 Å². The molecule has 0 spiro atoms. The minimum absolute atomic E-state index is 0.737. The molecule has 1 saturated carbocycles. The molecular weight excluding hydrogens is 234 g/mol. The van der Waals surface area contributed by atoms with Gasteiger partial charge in [-0.05, 0) is 43.7 Å². The maximum Gasteiger partial charge on any atom is 0.207 e. The van der Waals surface area contributed by atoms with Crippen LogP contribution in [0.5, 0.6) is 0 Å². The van der Waals surface area contributed by atoms with Crippen molar-refractivity contribution in [3.05, 3.63) is 42.2 Å². The SMILES string of the molecule is Cc1cn(-c2ccccc2)c(NCC(C)C2CC2)n1. The Labute approximate surface area is 114 Å². The first-order valence-corrected chi connectivity index (χ1v) is 7.09. The lowest BCUT2D eigenvalue weighted by atomic mass is 10.1. The van der Waals surface area contributed by atoms with E-state index in [1.54, 1.807) is 0 Å². The van der Waals surface area contributed by atoms with Gasteiger partial charge in [0.1, 0.15) is 0 Å². The Morgan fingerprint density at radius 1 is 1.32 bits per heavy atom. The summed E-state index contributed by atoms with van der Waals surface area (Å²) in [5.74, 6) is 2.62. The van der Waals surface area contributed by atoms with Crippen molar-refractivity contribution in [2.45, 2.75) is 26.7 Å². The summed E-state index contributed by atoms with van der Waals surface area (Å²) in [6.45, 7) is 5.37. The van der Waals surface area contributed by atoms with E-state index in [0.29, 0.717) is 0 Å². The highest BCUT2D eigenvalue weighted by Gasteiger charge is 2.27. The smallest absolute Gasteiger partial charge is 0.207 e. The lowest BCUT2D eigenvalue weighted by molar-refractivity contribution is 0.534. The van der Waals surface area contributed by atoms with Gasteiger partial charge in [-0.25, -0.2) is 4.98 Å². The number of benzene rings is 1. The van der Waals surface area contributed by atoms with Crippen LogP contribution < -0.4 is 5.32 Å². The van der Waals surface area contributed by atoms with Crippen LogP contribution in [0.2, 0.25) is 0 Å². The van der Waals surface area contributed by atoms with Crippen molar-refractivity contribution in [2.75, 3.05) is 11.9 Å². The van der Waals surface area contributed by atoms with Gasteiger partial charge in [-0.2, -0.15) is 0 Å². The van der Waals surface area contributed by atoms with Crippen molar-refractivity contribution in [3.63, 3.8) is 0 Å². The Balaban J connectivity index is 1.77. The summed E-state index contributed by atoms with van der Waals surface area (Å²) < 4.78 is 2.13. The zero-order chi connectivity index (χ0) is 13.2. The molecule has 1 N–H and O–H groups in total. The second-order valence-corrected chi connectivity index (χ2v) is 5.61. The molecule has 0 amide bonds. The van der Waals surface area contributed by atoms with E-state index in [-0.39, 0.29) is 0 Å². The van der Waals surface area contributed by atoms with Crippen LogP contribution in [0.15, 0.2) is 36.5 Å². The number of anilines is 1. The maximum atomic E-state index is 4.59. The van der Waals surface area contributed by atoms with E-state index < -0.39 is 0 Å². The van der Waals surface area contributed by atoms with Crippen molar-refractivity contribution >= 4 is 5.95 Å². The van der Waals surface area contributed by atoms with E-state index >= 15 is 0 Å². The molecule has 3 rings (SSSR count). The molecule has 1 unspecified atom stereocenters. The van der Waals surface area contributed by atoms with Crippen LogP contribution in [-0.2, 0) is 0 Å². The number of nitrogens with one attached hydrogen (secondary N) is 1. The van der Waals surface area contributed by atoms with Crippen molar-refractivity contribution in [1.82, 2.24) is 9.55 Å². The molecule has 100 valence electrons. The van der Waals surface area contributed by atoms with Crippen molar-refractivity contribution in [1.29, 1.82) is 0 Å². The molecule has 0 aliphatic heterocycles. The number of nitrogens with zero attached hydrogens (tertiary/aromatic N) is 2. The zero-order valence-electron chi connectivity index (χ0n) is 11.6. The van der Waals surface area contributed by atoms with Crippen molar-refractivity contribution in [3.8, 4) is 5.69 Å². The number of hydrogen-bond donors (Lipinski definition) is 1. The minimum Gasteiger partial charge on any atom is -0.355 e. The predicted molar refractivity (Wildman–Crippen MR) is 78.7 cm³/mol. The summed E-state index contributed by atoms with van der Waals surface area (Å²) in [5, 5.41) is 3.51. The van der Waals surface area contributed by atoms with Crippen LogP contribution in [0.1, 0.15) is 25.5 Å². The first kappa shape index (κ1) is 12.3. The average Bonchev–Trinajstić information content (AvgIpc) is 3.21. The number of aromatic nitrogens is 2. The van der Waals surface area contributed by atoms with E-state index in [1.807, 2.05) is 13.0 Å². The average molecular weight is 255 g/mol. The van der Waals surface area contributed by atoms with Crippen LogP contribution in [0.25, 0.3) is 5.69 Å². The summed E-state index contributed by atoms with van der Waals surface area (Å²) in [6, 6.07) is 10.4. The summed E-state index contributed by atoms with van der Waals surface area (Å²) in [5.41, 5.74) is 2.20. The molecule has 0 radical (unpaired) electrons. The molecule has 3 heteroatoms. The first-order valence-electron chi connectivity index (χ1n) is 7.09. The third kappa shape index (κ3) is 2.80. The standard InChI is InChI=1S/C16H21N3/c1-12(14-8-9-14)10-17-16-18-13(2)11-19(16)15-6-4-3-5-7-15/h3-7,11-12,14H,8-10H2,1-2H3,(H,17,18). The molecule has 0 saturated heterocycles. The fourth-order valence-electron chi connectivity index (χ4n) is 2.49. The van der Waals surface area contributed by atoms with Gasteiger partial charge in [-0.3, -0.25) is 4.57 Å². The fraction of sp³-hybridized carbons (Fsp3) is 0.438. The Hall–Kier alpha value is -1.77. The monoisotopic (exact) mass is 255 g/mol. The summed E-state index contributed by atoms with van der Waals surface area (Å²) in [7, 11) is 0. The lowest BCUT2D eigenvalue weighted by Crippen LogP contribution is -2.15. The van der Waals surface area contributed by atoms with Gasteiger partial charge in [0, 0.05) is 18.4 Å². The molecule has 1 atom stereocenters. The van der Waals surface area contributed by atoms with E-state index in [2.05, 4.69) is 52.3 Å². The third-order valence-corrected chi connectivity index (χ3v) is 3.87. The number of aryl methyl sites for hydroxylation is 1. The molecule has 19 heavy (non-hydrogen) atoms. The van der Waals surface area contributed by atoms with Crippen molar-refractivity contribution in [2.24, 2.45) is 11.8 Å². The van der Waals surface area contributed by atoms with Gasteiger partial charge >= 0.3 is 0 Å². The maximum absolute atomic E-state index is 4.59. The molecule has 1 aliphatic carbocycles. The zero-order valence-corrected chi connectivity index (χ0v) is 11.6. The molecule has 1 heterocycles. The van der Waals surface area contributed by atoms with E-state index in [1.165, 1.54) is 12.8 Å². The fourth-order valence-corrected chi connectivity index (χ4v) is 2.49. The van der Waals surface area contributed by atoms with Gasteiger partial charge in [0.15, 0.2) is 0 Å². The van der Waals surface area contributed by atoms with E-state index in [9.17, 15) is 0 Å². The molecule has 1 fully saturated rings. The topological polar surface area (TPSA) is 29.9 Å². The second kappa shape index (κ2) is 5.08. The highest BCUT2D eigenvalue weighted by atomic mass is 15.2. The lowest BCUT2D eigenvalue weighted by Gasteiger charge is -2.13. The summed E-state index contributed by atoms with van der Waals surface area (Å²) in [6.07, 6.45) is 4.88. The third-order valence-electron chi connectivity index (χ3n) is 3.87. The molecule has 0 bridgehead atoms. The van der Waals surface area contributed by atoms with Crippen LogP contribution >= 0.6 is 0 Å². The predicted octanol–water partition coefficient (Wildman–Crippen LogP) is 3.64. The van der Waals surface area contributed by atoms with Gasteiger partial charge < -0.3 is 5.32 Å².